The molecule has 0 N–H and O–H groups in total. The molecule has 1 heterocycles. The van der Waals surface area contributed by atoms with E-state index >= 15 is 0 Å². The number of allylic oxidation sites excluding steroid dienone is 1. The second-order valence-electron chi connectivity index (χ2n) is 2.23. The average Bonchev–Trinajstić information content (AvgIpc) is 1.86. The molecule has 0 saturated heterocycles. The van der Waals surface area contributed by atoms with Crippen molar-refractivity contribution in [3.05, 3.63) is 12.2 Å². The topological polar surface area (TPSA) is 15.6 Å². The van der Waals surface area contributed by atoms with Crippen molar-refractivity contribution in [2.75, 3.05) is 13.6 Å². The fourth-order valence-electron chi connectivity index (χ4n) is 0.726. The first-order chi connectivity index (χ1) is 5.00. The van der Waals surface area contributed by atoms with Crippen LogP contribution in [0.15, 0.2) is 17.3 Å². The monoisotopic (exact) mass is 164 g/mol. The summed E-state index contributed by atoms with van der Waals surface area (Å²) in [4.78, 5) is 0. The molecule has 0 amide bonds. The zero-order chi connectivity index (χ0) is 8.48. The van der Waals surface area contributed by atoms with Gasteiger partial charge in [-0.05, 0) is 6.08 Å². The summed E-state index contributed by atoms with van der Waals surface area (Å²) in [6, 6.07) is 0. The summed E-state index contributed by atoms with van der Waals surface area (Å²) in [5, 5.41) is 4.53. The Labute approximate surface area is 62.0 Å². The number of halogens is 3. The molecule has 2 nitrogen and oxygen atoms in total. The van der Waals surface area contributed by atoms with Crippen LogP contribution in [0.1, 0.15) is 0 Å². The van der Waals surface area contributed by atoms with Crippen LogP contribution in [0.25, 0.3) is 0 Å². The minimum absolute atomic E-state index is 0.430. The molecule has 0 saturated carbocycles. The van der Waals surface area contributed by atoms with Crippen LogP contribution in [-0.4, -0.2) is 30.5 Å². The Morgan fingerprint density at radius 2 is 2.18 bits per heavy atom. The highest BCUT2D eigenvalue weighted by Crippen LogP contribution is 2.19. The first kappa shape index (κ1) is 8.10. The van der Waals surface area contributed by atoms with E-state index in [-0.39, 0.29) is 0 Å². The van der Waals surface area contributed by atoms with Crippen LogP contribution < -0.4 is 0 Å². The lowest BCUT2D eigenvalue weighted by atomic mass is 10.3. The smallest absolute Gasteiger partial charge is 0.296 e. The molecular formula is C6H7F3N2. The highest BCUT2D eigenvalue weighted by atomic mass is 19.4. The van der Waals surface area contributed by atoms with Crippen molar-refractivity contribution in [1.82, 2.24) is 5.01 Å². The fraction of sp³-hybridized carbons (Fsp3) is 0.500. The lowest BCUT2D eigenvalue weighted by Crippen LogP contribution is -2.28. The molecule has 0 aliphatic carbocycles. The van der Waals surface area contributed by atoms with E-state index in [4.69, 9.17) is 0 Å². The summed E-state index contributed by atoms with van der Waals surface area (Å²) in [6.45, 7) is 0.430. The molecule has 62 valence electrons. The van der Waals surface area contributed by atoms with Gasteiger partial charge in [0.1, 0.15) is 0 Å². The number of hydrazone groups is 1. The molecule has 0 fully saturated rings. The SMILES string of the molecule is CN1CC=CC(C(F)(F)F)=N1. The molecule has 0 bridgehead atoms. The van der Waals surface area contributed by atoms with Crippen LogP contribution in [0.3, 0.4) is 0 Å². The van der Waals surface area contributed by atoms with E-state index in [0.29, 0.717) is 6.54 Å². The van der Waals surface area contributed by atoms with Gasteiger partial charge in [0.2, 0.25) is 0 Å². The van der Waals surface area contributed by atoms with E-state index in [1.165, 1.54) is 18.1 Å². The molecule has 1 aliphatic heterocycles. The van der Waals surface area contributed by atoms with Crippen molar-refractivity contribution < 1.29 is 13.2 Å². The maximum atomic E-state index is 11.9. The number of hydrogen-bond donors (Lipinski definition) is 0. The van der Waals surface area contributed by atoms with Gasteiger partial charge >= 0.3 is 6.18 Å². The molecule has 0 unspecified atom stereocenters. The standard InChI is InChI=1S/C6H7F3N2/c1-11-4-2-3-5(10-11)6(7,8)9/h2-3H,4H2,1H3. The molecule has 0 spiro atoms. The van der Waals surface area contributed by atoms with E-state index < -0.39 is 11.9 Å². The minimum atomic E-state index is -4.33. The van der Waals surface area contributed by atoms with Gasteiger partial charge in [0.15, 0.2) is 5.71 Å². The molecule has 0 aromatic carbocycles. The summed E-state index contributed by atoms with van der Waals surface area (Å²) in [6.07, 6.45) is -1.92. The van der Waals surface area contributed by atoms with Crippen molar-refractivity contribution in [3.8, 4) is 0 Å². The third-order valence-corrected chi connectivity index (χ3v) is 1.21. The predicted octanol–water partition coefficient (Wildman–Crippen LogP) is 1.41. The van der Waals surface area contributed by atoms with Crippen LogP contribution >= 0.6 is 0 Å². The van der Waals surface area contributed by atoms with Crippen molar-refractivity contribution in [1.29, 1.82) is 0 Å². The highest BCUT2D eigenvalue weighted by Gasteiger charge is 2.35. The second-order valence-corrected chi connectivity index (χ2v) is 2.23. The van der Waals surface area contributed by atoms with Gasteiger partial charge in [0, 0.05) is 7.05 Å². The first-order valence-corrected chi connectivity index (χ1v) is 3.03. The molecule has 5 heteroatoms. The number of alkyl halides is 3. The Morgan fingerprint density at radius 3 is 2.55 bits per heavy atom. The molecule has 0 atom stereocenters. The second kappa shape index (κ2) is 2.56. The van der Waals surface area contributed by atoms with Gasteiger partial charge in [-0.2, -0.15) is 18.3 Å². The van der Waals surface area contributed by atoms with E-state index in [1.807, 2.05) is 0 Å². The third kappa shape index (κ3) is 1.96. The van der Waals surface area contributed by atoms with E-state index in [2.05, 4.69) is 5.10 Å². The van der Waals surface area contributed by atoms with E-state index in [0.717, 1.165) is 6.08 Å². The minimum Gasteiger partial charge on any atom is -0.296 e. The Hall–Kier alpha value is -1.00. The maximum absolute atomic E-state index is 11.9. The van der Waals surface area contributed by atoms with Crippen molar-refractivity contribution in [2.24, 2.45) is 5.10 Å². The van der Waals surface area contributed by atoms with E-state index in [9.17, 15) is 13.2 Å². The van der Waals surface area contributed by atoms with Crippen molar-refractivity contribution >= 4 is 5.71 Å². The molecule has 1 aliphatic rings. The number of hydrogen-bond acceptors (Lipinski definition) is 2. The Morgan fingerprint density at radius 1 is 1.55 bits per heavy atom. The van der Waals surface area contributed by atoms with Gasteiger partial charge in [0.05, 0.1) is 6.54 Å². The molecule has 0 radical (unpaired) electrons. The normalized spacial score (nSPS) is 18.5. The highest BCUT2D eigenvalue weighted by molar-refractivity contribution is 5.99. The molecule has 11 heavy (non-hydrogen) atoms. The van der Waals surface area contributed by atoms with Crippen molar-refractivity contribution in [3.63, 3.8) is 0 Å². The van der Waals surface area contributed by atoms with Crippen LogP contribution in [-0.2, 0) is 0 Å². The summed E-state index contributed by atoms with van der Waals surface area (Å²) in [7, 11) is 1.50. The van der Waals surface area contributed by atoms with Gasteiger partial charge in [-0.3, -0.25) is 5.01 Å². The third-order valence-electron chi connectivity index (χ3n) is 1.21. The van der Waals surface area contributed by atoms with Crippen LogP contribution in [0.2, 0.25) is 0 Å². The summed E-state index contributed by atoms with van der Waals surface area (Å²) in [5.41, 5.74) is -0.841. The summed E-state index contributed by atoms with van der Waals surface area (Å²) in [5.74, 6) is 0. The van der Waals surface area contributed by atoms with Gasteiger partial charge < -0.3 is 0 Å². The predicted molar refractivity (Wildman–Crippen MR) is 35.3 cm³/mol. The lowest BCUT2D eigenvalue weighted by molar-refractivity contribution is -0.0591. The summed E-state index contributed by atoms with van der Waals surface area (Å²) < 4.78 is 35.7. The number of rotatable bonds is 0. The van der Waals surface area contributed by atoms with E-state index in [1.54, 1.807) is 0 Å². The summed E-state index contributed by atoms with van der Waals surface area (Å²) >= 11 is 0. The largest absolute Gasteiger partial charge is 0.435 e. The average molecular weight is 164 g/mol. The zero-order valence-corrected chi connectivity index (χ0v) is 5.89. The molecule has 0 aromatic rings. The number of likely N-dealkylation sites (N-methyl/N-ethyl adjacent to an activating group) is 1. The van der Waals surface area contributed by atoms with Gasteiger partial charge in [0.25, 0.3) is 0 Å². The fourth-order valence-corrected chi connectivity index (χ4v) is 0.726. The number of nitrogens with zero attached hydrogens (tertiary/aromatic N) is 2. The molecule has 1 rings (SSSR count). The molecule has 0 aromatic heterocycles. The van der Waals surface area contributed by atoms with Crippen LogP contribution in [0, 0.1) is 0 Å². The quantitative estimate of drug-likeness (QED) is 0.528. The Bertz CT molecular complexity index is 204. The Balaban J connectivity index is 2.80. The van der Waals surface area contributed by atoms with Gasteiger partial charge in [-0.15, -0.1) is 0 Å². The first-order valence-electron chi connectivity index (χ1n) is 3.03. The van der Waals surface area contributed by atoms with Crippen molar-refractivity contribution in [2.45, 2.75) is 6.18 Å². The van der Waals surface area contributed by atoms with Gasteiger partial charge in [-0.25, -0.2) is 0 Å². The van der Waals surface area contributed by atoms with Gasteiger partial charge in [-0.1, -0.05) is 6.08 Å². The van der Waals surface area contributed by atoms with Crippen LogP contribution in [0.5, 0.6) is 0 Å². The zero-order valence-electron chi connectivity index (χ0n) is 5.89. The maximum Gasteiger partial charge on any atom is 0.435 e. The van der Waals surface area contributed by atoms with Crippen LogP contribution in [0.4, 0.5) is 13.2 Å². The Kier molecular flexibility index (Phi) is 1.89. The molecular weight excluding hydrogens is 157 g/mol. The lowest BCUT2D eigenvalue weighted by Gasteiger charge is -2.17.